The number of aromatic nitrogens is 1. The molecule has 0 atom stereocenters. The number of fused-ring (bicyclic) bond motifs is 1. The Labute approximate surface area is 175 Å². The smallest absolute Gasteiger partial charge is 0.416 e. The highest BCUT2D eigenvalue weighted by atomic mass is 35.5. The lowest BCUT2D eigenvalue weighted by molar-refractivity contribution is -0.137. The van der Waals surface area contributed by atoms with Gasteiger partial charge in [-0.2, -0.15) is 13.2 Å². The zero-order valence-corrected chi connectivity index (χ0v) is 16.7. The summed E-state index contributed by atoms with van der Waals surface area (Å²) in [6, 6.07) is 9.28. The second kappa shape index (κ2) is 8.79. The maximum atomic E-state index is 12.9. The van der Waals surface area contributed by atoms with Crippen LogP contribution >= 0.6 is 11.6 Å². The first-order chi connectivity index (χ1) is 14.2. The highest BCUT2D eigenvalue weighted by Crippen LogP contribution is 2.33. The molecule has 3 aromatic rings. The largest absolute Gasteiger partial charge is 0.483 e. The molecule has 0 fully saturated rings. The molecular formula is C21H18ClF3N2O3. The zero-order valence-electron chi connectivity index (χ0n) is 15.9. The molecule has 0 spiro atoms. The van der Waals surface area contributed by atoms with E-state index < -0.39 is 24.3 Å². The number of halogens is 4. The van der Waals surface area contributed by atoms with Gasteiger partial charge in [-0.25, -0.2) is 0 Å². The van der Waals surface area contributed by atoms with Crippen molar-refractivity contribution >= 4 is 34.0 Å². The molecule has 0 radical (unpaired) electrons. The molecule has 1 heterocycles. The number of nitrogens with zero attached hydrogens (tertiary/aromatic N) is 1. The van der Waals surface area contributed by atoms with Gasteiger partial charge in [-0.3, -0.25) is 9.59 Å². The van der Waals surface area contributed by atoms with Crippen LogP contribution in [0.4, 0.5) is 18.9 Å². The van der Waals surface area contributed by atoms with Crippen molar-refractivity contribution in [2.45, 2.75) is 26.1 Å². The van der Waals surface area contributed by atoms with E-state index in [1.54, 1.807) is 35.0 Å². The van der Waals surface area contributed by atoms with Crippen molar-refractivity contribution in [1.29, 1.82) is 0 Å². The maximum Gasteiger partial charge on any atom is 0.416 e. The Balaban J connectivity index is 1.76. The summed E-state index contributed by atoms with van der Waals surface area (Å²) in [4.78, 5) is 24.7. The molecule has 0 saturated heterocycles. The second-order valence-electron chi connectivity index (χ2n) is 6.56. The summed E-state index contributed by atoms with van der Waals surface area (Å²) in [5.74, 6) is -0.369. The van der Waals surface area contributed by atoms with E-state index in [0.717, 1.165) is 24.6 Å². The number of benzene rings is 2. The molecule has 5 nitrogen and oxygen atoms in total. The number of hydrogen-bond acceptors (Lipinski definition) is 3. The highest BCUT2D eigenvalue weighted by molar-refractivity contribution is 6.33. The number of aryl methyl sites for hydroxylation is 1. The van der Waals surface area contributed by atoms with Crippen LogP contribution in [0.2, 0.25) is 5.02 Å². The highest BCUT2D eigenvalue weighted by Gasteiger charge is 2.31. The van der Waals surface area contributed by atoms with Gasteiger partial charge in [-0.15, -0.1) is 0 Å². The van der Waals surface area contributed by atoms with Crippen molar-refractivity contribution in [3.63, 3.8) is 0 Å². The van der Waals surface area contributed by atoms with Crippen molar-refractivity contribution in [3.8, 4) is 5.75 Å². The van der Waals surface area contributed by atoms with Crippen LogP contribution in [0.1, 0.15) is 18.9 Å². The van der Waals surface area contributed by atoms with Crippen LogP contribution < -0.4 is 15.6 Å². The number of alkyl halides is 3. The number of anilines is 1. The van der Waals surface area contributed by atoms with Gasteiger partial charge in [-0.1, -0.05) is 24.6 Å². The van der Waals surface area contributed by atoms with Crippen LogP contribution in [0, 0.1) is 0 Å². The van der Waals surface area contributed by atoms with Gasteiger partial charge in [0.1, 0.15) is 5.75 Å². The van der Waals surface area contributed by atoms with Crippen LogP contribution in [0.15, 0.2) is 53.5 Å². The fourth-order valence-corrected chi connectivity index (χ4v) is 3.12. The summed E-state index contributed by atoms with van der Waals surface area (Å²) in [6.07, 6.45) is -2.10. The SMILES string of the molecule is CCCn1ccc2c(OCC(=O)Nc3cc(C(F)(F)F)ccc3Cl)cccc2c1=O. The Hall–Kier alpha value is -3.00. The number of nitrogens with one attached hydrogen (secondary N) is 1. The van der Waals surface area contributed by atoms with Crippen LogP contribution in [-0.4, -0.2) is 17.1 Å². The van der Waals surface area contributed by atoms with Crippen LogP contribution in [0.5, 0.6) is 5.75 Å². The fourth-order valence-electron chi connectivity index (χ4n) is 2.96. The quantitative estimate of drug-likeness (QED) is 0.582. The number of pyridine rings is 1. The number of ether oxygens (including phenoxy) is 1. The normalized spacial score (nSPS) is 11.5. The summed E-state index contributed by atoms with van der Waals surface area (Å²) in [7, 11) is 0. The number of rotatable bonds is 6. The van der Waals surface area contributed by atoms with Crippen LogP contribution in [0.3, 0.4) is 0 Å². The molecule has 0 aliphatic carbocycles. The van der Waals surface area contributed by atoms with Gasteiger partial charge < -0.3 is 14.6 Å². The minimum Gasteiger partial charge on any atom is -0.483 e. The molecule has 1 aromatic heterocycles. The monoisotopic (exact) mass is 438 g/mol. The second-order valence-corrected chi connectivity index (χ2v) is 6.97. The molecule has 0 aliphatic rings. The third kappa shape index (κ3) is 4.76. The molecule has 1 N–H and O–H groups in total. The zero-order chi connectivity index (χ0) is 21.9. The molecular weight excluding hydrogens is 421 g/mol. The number of hydrogen-bond donors (Lipinski definition) is 1. The lowest BCUT2D eigenvalue weighted by Crippen LogP contribution is -2.22. The molecule has 2 aromatic carbocycles. The fraction of sp³-hybridized carbons (Fsp3) is 0.238. The molecule has 158 valence electrons. The predicted octanol–water partition coefficient (Wildman–Crippen LogP) is 5.10. The minimum atomic E-state index is -4.56. The van der Waals surface area contributed by atoms with Gasteiger partial charge in [-0.05, 0) is 42.8 Å². The van der Waals surface area contributed by atoms with Gasteiger partial charge in [0, 0.05) is 18.1 Å². The molecule has 0 aliphatic heterocycles. The molecule has 9 heteroatoms. The molecule has 0 unspecified atom stereocenters. The van der Waals surface area contributed by atoms with Crippen molar-refractivity contribution < 1.29 is 22.7 Å². The van der Waals surface area contributed by atoms with E-state index in [0.29, 0.717) is 23.1 Å². The molecule has 1 amide bonds. The standard InChI is InChI=1S/C21H18ClF3N2O3/c1-2-9-27-10-8-14-15(20(27)29)4-3-5-18(14)30-12-19(28)26-17-11-13(21(23,24)25)6-7-16(17)22/h3-8,10-11H,2,9,12H2,1H3,(H,26,28). The summed E-state index contributed by atoms with van der Waals surface area (Å²) < 4.78 is 45.7. The van der Waals surface area contributed by atoms with E-state index in [9.17, 15) is 22.8 Å². The average molecular weight is 439 g/mol. The Morgan fingerprint density at radius 1 is 1.17 bits per heavy atom. The predicted molar refractivity (Wildman–Crippen MR) is 109 cm³/mol. The van der Waals surface area contributed by atoms with E-state index in [2.05, 4.69) is 5.32 Å². The van der Waals surface area contributed by atoms with Crippen molar-refractivity contribution in [2.24, 2.45) is 0 Å². The van der Waals surface area contributed by atoms with Gasteiger partial charge in [0.15, 0.2) is 6.61 Å². The lowest BCUT2D eigenvalue weighted by atomic mass is 10.1. The van der Waals surface area contributed by atoms with E-state index >= 15 is 0 Å². The Morgan fingerprint density at radius 3 is 2.63 bits per heavy atom. The van der Waals surface area contributed by atoms with E-state index in [4.69, 9.17) is 16.3 Å². The van der Waals surface area contributed by atoms with Gasteiger partial charge in [0.05, 0.1) is 21.7 Å². The third-order valence-electron chi connectivity index (χ3n) is 4.37. The average Bonchev–Trinajstić information content (AvgIpc) is 2.69. The first kappa shape index (κ1) is 21.7. The first-order valence-electron chi connectivity index (χ1n) is 9.12. The Morgan fingerprint density at radius 2 is 1.93 bits per heavy atom. The molecule has 30 heavy (non-hydrogen) atoms. The molecule has 0 saturated carbocycles. The topological polar surface area (TPSA) is 60.3 Å². The number of carbonyl (C=O) groups excluding carboxylic acids is 1. The number of amides is 1. The van der Waals surface area contributed by atoms with E-state index in [1.807, 2.05) is 6.92 Å². The van der Waals surface area contributed by atoms with Crippen molar-refractivity contribution in [3.05, 3.63) is 69.6 Å². The Kier molecular flexibility index (Phi) is 6.36. The van der Waals surface area contributed by atoms with Crippen LogP contribution in [-0.2, 0) is 17.5 Å². The van der Waals surface area contributed by atoms with E-state index in [-0.39, 0.29) is 16.3 Å². The summed E-state index contributed by atoms with van der Waals surface area (Å²) in [6.45, 7) is 2.08. The van der Waals surface area contributed by atoms with E-state index in [1.165, 1.54) is 0 Å². The summed E-state index contributed by atoms with van der Waals surface area (Å²) >= 11 is 5.88. The molecule has 0 bridgehead atoms. The van der Waals surface area contributed by atoms with Crippen molar-refractivity contribution in [2.75, 3.05) is 11.9 Å². The van der Waals surface area contributed by atoms with Crippen molar-refractivity contribution in [1.82, 2.24) is 4.57 Å². The summed E-state index contributed by atoms with van der Waals surface area (Å²) in [5, 5.41) is 3.28. The van der Waals surface area contributed by atoms with Gasteiger partial charge >= 0.3 is 6.18 Å². The Bertz CT molecular complexity index is 1140. The first-order valence-corrected chi connectivity index (χ1v) is 9.50. The maximum absolute atomic E-state index is 12.9. The van der Waals surface area contributed by atoms with Gasteiger partial charge in [0.2, 0.25) is 0 Å². The molecule has 3 rings (SSSR count). The van der Waals surface area contributed by atoms with Gasteiger partial charge in [0.25, 0.3) is 11.5 Å². The number of carbonyl (C=O) groups is 1. The lowest BCUT2D eigenvalue weighted by Gasteiger charge is -2.13. The van der Waals surface area contributed by atoms with Crippen LogP contribution in [0.25, 0.3) is 10.8 Å². The third-order valence-corrected chi connectivity index (χ3v) is 4.70. The minimum absolute atomic E-state index is 0.0296. The summed E-state index contributed by atoms with van der Waals surface area (Å²) in [5.41, 5.74) is -1.26.